The van der Waals surface area contributed by atoms with Crippen LogP contribution in [0.5, 0.6) is 0 Å². The van der Waals surface area contributed by atoms with Gasteiger partial charge in [0.05, 0.1) is 0 Å². The van der Waals surface area contributed by atoms with Gasteiger partial charge in [-0.3, -0.25) is 10.1 Å². The van der Waals surface area contributed by atoms with Crippen LogP contribution in [0.15, 0.2) is 132 Å². The monoisotopic (exact) mass is 454 g/mol. The van der Waals surface area contributed by atoms with Gasteiger partial charge in [0.2, 0.25) is 0 Å². The fourth-order valence-electron chi connectivity index (χ4n) is 3.90. The van der Waals surface area contributed by atoms with Crippen LogP contribution in [0, 0.1) is 0 Å². The van der Waals surface area contributed by atoms with Crippen LogP contribution in [0.1, 0.15) is 10.4 Å². The molecule has 0 unspecified atom stereocenters. The summed E-state index contributed by atoms with van der Waals surface area (Å²) in [6.07, 6.45) is 2.03. The zero-order valence-corrected chi connectivity index (χ0v) is 19.6. The third-order valence-corrected chi connectivity index (χ3v) is 10.1. The Morgan fingerprint density at radius 2 is 1.03 bits per heavy atom. The Bertz CT molecular complexity index is 1080. The number of thioether (sulfide) groups is 1. The first-order valence-electron chi connectivity index (χ1n) is 10.4. The summed E-state index contributed by atoms with van der Waals surface area (Å²) < 4.78 is 0. The van der Waals surface area contributed by atoms with Crippen molar-refractivity contribution < 1.29 is 4.79 Å². The van der Waals surface area contributed by atoms with E-state index in [1.807, 2.05) is 54.8 Å². The van der Waals surface area contributed by atoms with Crippen LogP contribution in [0.2, 0.25) is 0 Å². The molecule has 2 nitrogen and oxygen atoms in total. The molecule has 4 aromatic rings. The maximum Gasteiger partial charge on any atom is 0.258 e. The van der Waals surface area contributed by atoms with Gasteiger partial charge in [-0.2, -0.15) is 0 Å². The molecule has 0 spiro atoms. The molecule has 0 aliphatic rings. The van der Waals surface area contributed by atoms with E-state index >= 15 is 0 Å². The lowest BCUT2D eigenvalue weighted by Crippen LogP contribution is -2.38. The first kappa shape index (κ1) is 22.1. The van der Waals surface area contributed by atoms with E-state index in [0.717, 1.165) is 5.44 Å². The maximum atomic E-state index is 13.3. The Labute approximate surface area is 194 Å². The van der Waals surface area contributed by atoms with E-state index in [4.69, 9.17) is 0 Å². The van der Waals surface area contributed by atoms with Crippen molar-refractivity contribution >= 4 is 40.8 Å². The van der Waals surface area contributed by atoms with Gasteiger partial charge in [-0.15, -0.1) is 11.8 Å². The second-order valence-electron chi connectivity index (χ2n) is 7.24. The number of nitrogens with one attached hydrogen (secondary N) is 1. The highest BCUT2D eigenvalue weighted by molar-refractivity contribution is 8.03. The fraction of sp³-hybridized carbons (Fsp3) is 0.0357. The van der Waals surface area contributed by atoms with E-state index in [-0.39, 0.29) is 5.91 Å². The molecular formula is C28H25NOPS+. The number of benzene rings is 4. The largest absolute Gasteiger partial charge is 0.292 e. The zero-order valence-electron chi connectivity index (χ0n) is 17.9. The summed E-state index contributed by atoms with van der Waals surface area (Å²) >= 11 is 1.61. The highest BCUT2D eigenvalue weighted by atomic mass is 32.2. The Morgan fingerprint density at radius 1 is 0.656 bits per heavy atom. The summed E-state index contributed by atoms with van der Waals surface area (Å²) in [6.45, 7) is 0. The second kappa shape index (κ2) is 10.5. The van der Waals surface area contributed by atoms with E-state index in [1.54, 1.807) is 11.8 Å². The molecule has 4 aromatic carbocycles. The molecule has 0 aromatic heterocycles. The Kier molecular flexibility index (Phi) is 7.21. The topological polar surface area (TPSA) is 29.1 Å². The minimum atomic E-state index is -2.35. The molecule has 1 N–H and O–H groups in total. The summed E-state index contributed by atoms with van der Waals surface area (Å²) in [4.78, 5) is 13.3. The summed E-state index contributed by atoms with van der Waals surface area (Å²) in [7, 11) is -2.35. The van der Waals surface area contributed by atoms with Crippen molar-refractivity contribution in [1.82, 2.24) is 5.32 Å². The smallest absolute Gasteiger partial charge is 0.258 e. The molecule has 4 rings (SSSR count). The first-order chi connectivity index (χ1) is 15.8. The predicted molar refractivity (Wildman–Crippen MR) is 141 cm³/mol. The molecule has 158 valence electrons. The van der Waals surface area contributed by atoms with E-state index in [1.165, 1.54) is 15.9 Å². The Morgan fingerprint density at radius 3 is 1.41 bits per heavy atom. The third-order valence-electron chi connectivity index (χ3n) is 5.30. The first-order valence-corrected chi connectivity index (χ1v) is 13.5. The van der Waals surface area contributed by atoms with Crippen molar-refractivity contribution in [2.75, 3.05) is 6.26 Å². The molecule has 0 saturated heterocycles. The number of hydrogen-bond donors (Lipinski definition) is 1. The van der Waals surface area contributed by atoms with E-state index < -0.39 is 7.26 Å². The van der Waals surface area contributed by atoms with Gasteiger partial charge >= 0.3 is 0 Å². The molecule has 0 radical (unpaired) electrons. The number of carbonyl (C=O) groups is 1. The van der Waals surface area contributed by atoms with Crippen LogP contribution in [0.3, 0.4) is 0 Å². The summed E-state index contributed by atoms with van der Waals surface area (Å²) in [6, 6.07) is 41.0. The Balaban J connectivity index is 1.99. The average Bonchev–Trinajstić information content (AvgIpc) is 2.87. The quantitative estimate of drug-likeness (QED) is 0.370. The van der Waals surface area contributed by atoms with Gasteiger partial charge in [-0.25, -0.2) is 0 Å². The summed E-state index contributed by atoms with van der Waals surface area (Å²) in [5.74, 6) is -0.0990. The Hall–Kier alpha value is -3.13. The molecule has 4 heteroatoms. The van der Waals surface area contributed by atoms with E-state index in [0.29, 0.717) is 5.56 Å². The van der Waals surface area contributed by atoms with Crippen LogP contribution in [0.25, 0.3) is 0 Å². The van der Waals surface area contributed by atoms with Gasteiger partial charge in [0.15, 0.2) is 12.7 Å². The lowest BCUT2D eigenvalue weighted by molar-refractivity contribution is 0.0968. The molecule has 0 fully saturated rings. The number of hydrogen-bond acceptors (Lipinski definition) is 2. The van der Waals surface area contributed by atoms with E-state index in [9.17, 15) is 4.79 Å². The normalized spacial score (nSPS) is 11.7. The van der Waals surface area contributed by atoms with Crippen LogP contribution < -0.4 is 21.2 Å². The van der Waals surface area contributed by atoms with Crippen molar-refractivity contribution in [1.29, 1.82) is 0 Å². The molecule has 0 aliphatic carbocycles. The lowest BCUT2D eigenvalue weighted by Gasteiger charge is -2.29. The van der Waals surface area contributed by atoms with Gasteiger partial charge in [-0.05, 0) is 54.8 Å². The number of amides is 1. The maximum absolute atomic E-state index is 13.3. The highest BCUT2D eigenvalue weighted by Gasteiger charge is 2.50. The number of carbonyl (C=O) groups excluding carboxylic acids is 1. The minimum absolute atomic E-state index is 0.0990. The van der Waals surface area contributed by atoms with Gasteiger partial charge in [0.25, 0.3) is 5.91 Å². The standard InChI is InChI=1S/C28H24NOPS/c1-32-22-27(29-28(30)23-14-6-2-7-15-23)31(24-16-8-3-9-17-24,25-18-10-4-11-19-25)26-20-12-5-13-21-26/h2-22H,1H3/p+1/b27-22-. The zero-order chi connectivity index (χ0) is 22.2. The van der Waals surface area contributed by atoms with Crippen LogP contribution in [-0.2, 0) is 0 Å². The van der Waals surface area contributed by atoms with Crippen LogP contribution in [0.4, 0.5) is 0 Å². The SMILES string of the molecule is CS/C=C(/NC(=O)c1ccccc1)[P+](c1ccccc1)(c1ccccc1)c1ccccc1. The van der Waals surface area contributed by atoms with Crippen molar-refractivity contribution in [2.45, 2.75) is 0 Å². The van der Waals surface area contributed by atoms with Crippen molar-refractivity contribution in [3.05, 3.63) is 138 Å². The lowest BCUT2D eigenvalue weighted by atomic mass is 10.2. The van der Waals surface area contributed by atoms with Crippen LogP contribution in [-0.4, -0.2) is 12.2 Å². The van der Waals surface area contributed by atoms with Gasteiger partial charge in [-0.1, -0.05) is 72.8 Å². The molecule has 32 heavy (non-hydrogen) atoms. The van der Waals surface area contributed by atoms with Crippen molar-refractivity contribution in [3.63, 3.8) is 0 Å². The third kappa shape index (κ3) is 4.41. The molecule has 0 bridgehead atoms. The summed E-state index contributed by atoms with van der Waals surface area (Å²) in [5.41, 5.74) is 1.58. The predicted octanol–water partition coefficient (Wildman–Crippen LogP) is 5.57. The second-order valence-corrected chi connectivity index (χ2v) is 11.3. The average molecular weight is 455 g/mol. The van der Waals surface area contributed by atoms with Gasteiger partial charge < -0.3 is 0 Å². The highest BCUT2D eigenvalue weighted by Crippen LogP contribution is 2.61. The molecular weight excluding hydrogens is 429 g/mol. The number of rotatable bonds is 7. The molecule has 0 heterocycles. The molecule has 0 atom stereocenters. The molecule has 1 amide bonds. The molecule has 0 saturated carbocycles. The fourth-order valence-corrected chi connectivity index (χ4v) is 8.99. The van der Waals surface area contributed by atoms with Gasteiger partial charge in [0, 0.05) is 11.0 Å². The van der Waals surface area contributed by atoms with Crippen LogP contribution >= 0.6 is 19.0 Å². The summed E-state index contributed by atoms with van der Waals surface area (Å²) in [5, 5.41) is 9.02. The van der Waals surface area contributed by atoms with E-state index in [2.05, 4.69) is 83.5 Å². The van der Waals surface area contributed by atoms with Crippen molar-refractivity contribution in [2.24, 2.45) is 0 Å². The van der Waals surface area contributed by atoms with Gasteiger partial charge in [0.1, 0.15) is 15.9 Å². The molecule has 0 aliphatic heterocycles. The van der Waals surface area contributed by atoms with Crippen molar-refractivity contribution in [3.8, 4) is 0 Å². The minimum Gasteiger partial charge on any atom is -0.292 e.